The summed E-state index contributed by atoms with van der Waals surface area (Å²) in [7, 11) is -3.74. The molecule has 7 aromatic carbocycles. The zero-order valence-corrected chi connectivity index (χ0v) is 27.8. The van der Waals surface area contributed by atoms with E-state index in [2.05, 4.69) is 168 Å². The number of nitrogens with zero attached hydrogens (tertiary/aromatic N) is 1. The smallest absolute Gasteiger partial charge is 0.0758 e. The van der Waals surface area contributed by atoms with Gasteiger partial charge in [0, 0.05) is 41.3 Å². The van der Waals surface area contributed by atoms with Gasteiger partial charge < -0.3 is 4.57 Å². The third-order valence-corrected chi connectivity index (χ3v) is 15.0. The van der Waals surface area contributed by atoms with Crippen molar-refractivity contribution < 1.29 is 4.21 Å². The van der Waals surface area contributed by atoms with Gasteiger partial charge >= 0.3 is 0 Å². The second-order valence-electron chi connectivity index (χ2n) is 12.6. The van der Waals surface area contributed by atoms with E-state index in [0.29, 0.717) is 0 Å². The van der Waals surface area contributed by atoms with Crippen molar-refractivity contribution in [1.82, 2.24) is 4.57 Å². The van der Waals surface area contributed by atoms with Gasteiger partial charge in [0.05, 0.1) is 16.4 Å². The monoisotopic (exact) mass is 651 g/mol. The molecule has 3 heterocycles. The highest BCUT2D eigenvalue weighted by Crippen LogP contribution is 2.60. The Bertz CT molecular complexity index is 2650. The maximum atomic E-state index is 15.4. The van der Waals surface area contributed by atoms with Crippen LogP contribution in [0.1, 0.15) is 22.3 Å². The van der Waals surface area contributed by atoms with E-state index >= 15 is 4.21 Å². The standard InChI is InChI=1S/C44H30NOPS/c1-48(46)40-27-15-11-23-36(40)44(34-21-9-13-25-38(34)47(31-18-6-3-7-19-31)39-26-14-10-22-35(39)44)42-41(48)29-28-33-32-20-8-12-24-37(32)45(43(33)42)30-16-4-2-5-17-30/h2-29H,1H2. The predicted molar refractivity (Wildman–Crippen MR) is 203 cm³/mol. The van der Waals surface area contributed by atoms with Crippen molar-refractivity contribution in [2.45, 2.75) is 15.2 Å². The van der Waals surface area contributed by atoms with Crippen LogP contribution in [0.4, 0.5) is 0 Å². The van der Waals surface area contributed by atoms with Crippen LogP contribution in [0.5, 0.6) is 0 Å². The van der Waals surface area contributed by atoms with Gasteiger partial charge in [-0.1, -0.05) is 140 Å². The minimum absolute atomic E-state index is 0.744. The van der Waals surface area contributed by atoms with E-state index in [1.165, 1.54) is 32.4 Å². The van der Waals surface area contributed by atoms with Crippen LogP contribution in [0, 0.1) is 0 Å². The second kappa shape index (κ2) is 10.1. The molecule has 0 bridgehead atoms. The van der Waals surface area contributed by atoms with Crippen LogP contribution in [0.15, 0.2) is 180 Å². The minimum Gasteiger partial charge on any atom is -0.309 e. The molecule has 0 aliphatic carbocycles. The third-order valence-electron chi connectivity index (χ3n) is 10.3. The van der Waals surface area contributed by atoms with E-state index in [1.807, 2.05) is 12.1 Å². The molecule has 4 heteroatoms. The molecule has 10 rings (SSSR count). The van der Waals surface area contributed by atoms with Crippen LogP contribution in [-0.4, -0.2) is 14.6 Å². The highest BCUT2D eigenvalue weighted by atomic mass is 32.2. The molecule has 0 amide bonds. The molecule has 1 aromatic heterocycles. The first-order chi connectivity index (χ1) is 23.6. The number of aromatic nitrogens is 1. The summed E-state index contributed by atoms with van der Waals surface area (Å²) in [6.45, 7) is 0. The van der Waals surface area contributed by atoms with Crippen molar-refractivity contribution in [3.63, 3.8) is 0 Å². The summed E-state index contributed by atoms with van der Waals surface area (Å²) in [5.41, 5.74) is 7.16. The van der Waals surface area contributed by atoms with E-state index in [4.69, 9.17) is 0 Å². The summed E-state index contributed by atoms with van der Waals surface area (Å²) in [5.74, 6) is 4.55. The summed E-state index contributed by atoms with van der Waals surface area (Å²) in [5, 5.41) is 6.30. The quantitative estimate of drug-likeness (QED) is 0.135. The van der Waals surface area contributed by atoms with Crippen LogP contribution >= 0.6 is 7.92 Å². The number of rotatable bonds is 2. The van der Waals surface area contributed by atoms with Gasteiger partial charge in [-0.2, -0.15) is 0 Å². The lowest BCUT2D eigenvalue weighted by molar-refractivity contribution is 0.656. The average Bonchev–Trinajstić information content (AvgIpc) is 3.49. The lowest BCUT2D eigenvalue weighted by Gasteiger charge is -2.49. The van der Waals surface area contributed by atoms with Crippen molar-refractivity contribution in [1.29, 1.82) is 0 Å². The van der Waals surface area contributed by atoms with Crippen molar-refractivity contribution in [3.8, 4) is 5.69 Å². The third kappa shape index (κ3) is 3.50. The molecule has 1 unspecified atom stereocenters. The fourth-order valence-electron chi connectivity index (χ4n) is 8.50. The van der Waals surface area contributed by atoms with Crippen LogP contribution < -0.4 is 15.9 Å². The molecule has 8 aromatic rings. The van der Waals surface area contributed by atoms with Crippen LogP contribution in [0.3, 0.4) is 0 Å². The molecule has 0 saturated carbocycles. The van der Waals surface area contributed by atoms with E-state index in [0.717, 1.165) is 43.0 Å². The van der Waals surface area contributed by atoms with Crippen molar-refractivity contribution in [2.24, 2.45) is 0 Å². The molecule has 0 saturated heterocycles. The number of benzene rings is 7. The molecule has 48 heavy (non-hydrogen) atoms. The minimum atomic E-state index is -2.88. The van der Waals surface area contributed by atoms with Crippen molar-refractivity contribution in [2.75, 3.05) is 0 Å². The van der Waals surface area contributed by atoms with Gasteiger partial charge in [-0.25, -0.2) is 0 Å². The lowest BCUT2D eigenvalue weighted by Crippen LogP contribution is -2.48. The SMILES string of the molecule is C=S1(=O)c2ccccc2C2(c3ccccc3P(c3ccccc3)c3ccccc32)c2c1ccc1c3ccccc3n(-c3ccccc3)c21. The summed E-state index contributed by atoms with van der Waals surface area (Å²) >= 11 is 0. The van der Waals surface area contributed by atoms with Gasteiger partial charge in [0.15, 0.2) is 0 Å². The Morgan fingerprint density at radius 1 is 0.521 bits per heavy atom. The zero-order chi connectivity index (χ0) is 32.0. The van der Waals surface area contributed by atoms with Crippen molar-refractivity contribution in [3.05, 3.63) is 192 Å². The molecule has 1 spiro atoms. The van der Waals surface area contributed by atoms with Gasteiger partial charge in [-0.05, 0) is 76.7 Å². The van der Waals surface area contributed by atoms with E-state index in [-0.39, 0.29) is 0 Å². The molecule has 2 aliphatic heterocycles. The summed E-state index contributed by atoms with van der Waals surface area (Å²) < 4.78 is 17.8. The first-order valence-electron chi connectivity index (χ1n) is 16.2. The molecule has 0 N–H and O–H groups in total. The van der Waals surface area contributed by atoms with Gasteiger partial charge in [0.25, 0.3) is 0 Å². The molecule has 228 valence electrons. The molecule has 1 atom stereocenters. The topological polar surface area (TPSA) is 22.0 Å². The molecular weight excluding hydrogens is 622 g/mol. The first-order valence-corrected chi connectivity index (χ1v) is 19.3. The normalized spacial score (nSPS) is 20.6. The highest BCUT2D eigenvalue weighted by molar-refractivity contribution is 8.00. The molecule has 2 nitrogen and oxygen atoms in total. The first kappa shape index (κ1) is 27.9. The van der Waals surface area contributed by atoms with Gasteiger partial charge in [-0.15, -0.1) is 0 Å². The number of para-hydroxylation sites is 2. The molecule has 0 fully saturated rings. The average molecular weight is 652 g/mol. The Morgan fingerprint density at radius 2 is 1.08 bits per heavy atom. The Balaban J connectivity index is 1.49. The number of hydrogen-bond donors (Lipinski definition) is 0. The van der Waals surface area contributed by atoms with Gasteiger partial charge in [0.2, 0.25) is 0 Å². The van der Waals surface area contributed by atoms with E-state index in [1.54, 1.807) is 0 Å². The second-order valence-corrected chi connectivity index (χ2v) is 17.0. The summed E-state index contributed by atoms with van der Waals surface area (Å²) in [6, 6.07) is 60.9. The number of fused-ring (bicyclic) bond motifs is 12. The van der Waals surface area contributed by atoms with E-state index in [9.17, 15) is 0 Å². The van der Waals surface area contributed by atoms with E-state index < -0.39 is 22.9 Å². The Kier molecular flexibility index (Phi) is 5.89. The maximum absolute atomic E-state index is 15.4. The highest BCUT2D eigenvalue weighted by Gasteiger charge is 2.53. The fourth-order valence-corrected chi connectivity index (χ4v) is 13.2. The van der Waals surface area contributed by atoms with Gasteiger partial charge in [-0.3, -0.25) is 4.21 Å². The van der Waals surface area contributed by atoms with Crippen LogP contribution in [-0.2, 0) is 14.9 Å². The Hall–Kier alpha value is -5.21. The molecule has 0 radical (unpaired) electrons. The van der Waals surface area contributed by atoms with Gasteiger partial charge in [0.1, 0.15) is 0 Å². The lowest BCUT2D eigenvalue weighted by atomic mass is 9.64. The fraction of sp³-hybridized carbons (Fsp3) is 0.0227. The largest absolute Gasteiger partial charge is 0.309 e. The van der Waals surface area contributed by atoms with Crippen LogP contribution in [0.25, 0.3) is 27.5 Å². The summed E-state index contributed by atoms with van der Waals surface area (Å²) in [4.78, 5) is 1.62. The predicted octanol–water partition coefficient (Wildman–Crippen LogP) is 8.69. The van der Waals surface area contributed by atoms with Crippen molar-refractivity contribution >= 4 is 61.0 Å². The zero-order valence-electron chi connectivity index (χ0n) is 26.1. The summed E-state index contributed by atoms with van der Waals surface area (Å²) in [6.07, 6.45) is 0. The van der Waals surface area contributed by atoms with Crippen LogP contribution in [0.2, 0.25) is 0 Å². The maximum Gasteiger partial charge on any atom is 0.0758 e. The number of hydrogen-bond acceptors (Lipinski definition) is 1. The molecule has 2 aliphatic rings. The molecular formula is C44H30NOPS. The Labute approximate surface area is 281 Å². The Morgan fingerprint density at radius 3 is 1.79 bits per heavy atom.